The van der Waals surface area contributed by atoms with Gasteiger partial charge in [0.1, 0.15) is 5.75 Å². The van der Waals surface area contributed by atoms with Gasteiger partial charge in [0.05, 0.1) is 46.6 Å². The zero-order chi connectivity index (χ0) is 33.1. The van der Waals surface area contributed by atoms with E-state index in [2.05, 4.69) is 79.5 Å². The summed E-state index contributed by atoms with van der Waals surface area (Å²) in [6, 6.07) is 50.5. The van der Waals surface area contributed by atoms with E-state index in [0.717, 1.165) is 71.7 Å². The van der Waals surface area contributed by atoms with Gasteiger partial charge in [-0.1, -0.05) is 103 Å². The van der Waals surface area contributed by atoms with Gasteiger partial charge in [-0.2, -0.15) is 0 Å². The van der Waals surface area contributed by atoms with E-state index in [1.54, 1.807) is 6.07 Å². The molecular formula is C44H26N4O. The average molecular weight is 627 g/mol. The van der Waals surface area contributed by atoms with E-state index in [4.69, 9.17) is 13.1 Å². The molecule has 0 atom stereocenters. The minimum atomic E-state index is 0.0627. The molecule has 0 aliphatic rings. The number of fused-ring (bicyclic) bond motifs is 6. The van der Waals surface area contributed by atoms with Crippen molar-refractivity contribution in [3.05, 3.63) is 174 Å². The monoisotopic (exact) mass is 626 g/mol. The molecule has 2 heterocycles. The van der Waals surface area contributed by atoms with Gasteiger partial charge in [-0.25, -0.2) is 9.69 Å². The first-order chi connectivity index (χ1) is 24.2. The fourth-order valence-electron chi connectivity index (χ4n) is 7.35. The second-order valence-electron chi connectivity index (χ2n) is 12.1. The van der Waals surface area contributed by atoms with Gasteiger partial charge in [0.2, 0.25) is 5.69 Å². The first kappa shape index (κ1) is 28.2. The van der Waals surface area contributed by atoms with Crippen molar-refractivity contribution >= 4 is 55.0 Å². The Kier molecular flexibility index (Phi) is 6.34. The summed E-state index contributed by atoms with van der Waals surface area (Å²) in [5.74, 6) is 0.0627. The van der Waals surface area contributed by atoms with Crippen LogP contribution in [0.1, 0.15) is 0 Å². The van der Waals surface area contributed by atoms with Crippen molar-refractivity contribution in [1.29, 1.82) is 0 Å². The highest BCUT2D eigenvalue weighted by molar-refractivity contribution is 6.11. The Bertz CT molecular complexity index is 2810. The van der Waals surface area contributed by atoms with Gasteiger partial charge in [-0.3, -0.25) is 0 Å². The molecule has 0 unspecified atom stereocenters. The second-order valence-corrected chi connectivity index (χ2v) is 12.1. The molecule has 0 fully saturated rings. The van der Waals surface area contributed by atoms with Gasteiger partial charge in [-0.05, 0) is 65.0 Å². The van der Waals surface area contributed by atoms with Crippen LogP contribution in [0.15, 0.2) is 152 Å². The summed E-state index contributed by atoms with van der Waals surface area (Å²) in [5, 5.41) is 15.6. The maximum atomic E-state index is 11.2. The number of rotatable bonds is 4. The lowest BCUT2D eigenvalue weighted by atomic mass is 9.97. The number of para-hydroxylation sites is 4. The van der Waals surface area contributed by atoms with Crippen LogP contribution >= 0.6 is 0 Å². The molecule has 0 radical (unpaired) electrons. The van der Waals surface area contributed by atoms with Crippen molar-refractivity contribution in [2.45, 2.75) is 0 Å². The van der Waals surface area contributed by atoms with Crippen molar-refractivity contribution in [2.75, 3.05) is 0 Å². The van der Waals surface area contributed by atoms with E-state index in [1.165, 1.54) is 0 Å². The number of phenolic OH excluding ortho intramolecular Hbond substituents is 1. The van der Waals surface area contributed by atoms with Gasteiger partial charge in [-0.15, -0.1) is 0 Å². The van der Waals surface area contributed by atoms with Gasteiger partial charge >= 0.3 is 0 Å². The van der Waals surface area contributed by atoms with Crippen molar-refractivity contribution in [1.82, 2.24) is 9.13 Å². The third kappa shape index (κ3) is 4.24. The molecule has 9 rings (SSSR count). The third-order valence-corrected chi connectivity index (χ3v) is 9.48. The Balaban J connectivity index is 1.20. The second kappa shape index (κ2) is 11.0. The summed E-state index contributed by atoms with van der Waals surface area (Å²) in [7, 11) is 0. The Morgan fingerprint density at radius 2 is 0.980 bits per heavy atom. The number of hydrogen-bond acceptors (Lipinski definition) is 1. The highest BCUT2D eigenvalue weighted by atomic mass is 16.3. The van der Waals surface area contributed by atoms with Crippen molar-refractivity contribution in [2.24, 2.45) is 0 Å². The zero-order valence-corrected chi connectivity index (χ0v) is 26.2. The Morgan fingerprint density at radius 3 is 1.61 bits per heavy atom. The van der Waals surface area contributed by atoms with Gasteiger partial charge < -0.3 is 14.2 Å². The normalized spacial score (nSPS) is 11.3. The lowest BCUT2D eigenvalue weighted by Crippen LogP contribution is -1.97. The molecule has 9 aromatic rings. The molecule has 1 N–H and O–H groups in total. The number of nitrogens with zero attached hydrogens (tertiary/aromatic N) is 4. The molecule has 7 aromatic carbocycles. The van der Waals surface area contributed by atoms with E-state index in [1.807, 2.05) is 84.9 Å². The molecule has 0 aliphatic carbocycles. The van der Waals surface area contributed by atoms with Crippen LogP contribution in [-0.4, -0.2) is 14.2 Å². The predicted octanol–water partition coefficient (Wildman–Crippen LogP) is 12.0. The van der Waals surface area contributed by atoms with Crippen molar-refractivity contribution < 1.29 is 5.11 Å². The standard InChI is InChI=1S/C44H26N4O/c1-45-30-23-24-40-35(27-30)34-14-6-10-18-39(34)47(40)36-15-7-3-11-31(36)28-19-21-29(22-20-28)43-42(49)26-25-41(44(43)46-2)48-37-16-8-4-12-32(37)33-13-5-9-17-38(33)48/h3-27,49H. The Labute approximate surface area is 282 Å². The van der Waals surface area contributed by atoms with E-state index in [9.17, 15) is 5.11 Å². The van der Waals surface area contributed by atoms with E-state index < -0.39 is 0 Å². The van der Waals surface area contributed by atoms with Crippen LogP contribution in [0.4, 0.5) is 11.4 Å². The molecule has 49 heavy (non-hydrogen) atoms. The summed E-state index contributed by atoms with van der Waals surface area (Å²) < 4.78 is 4.39. The van der Waals surface area contributed by atoms with Crippen LogP contribution in [0.5, 0.6) is 5.75 Å². The molecule has 0 aliphatic heterocycles. The number of phenols is 1. The average Bonchev–Trinajstić information content (AvgIpc) is 3.67. The first-order valence-corrected chi connectivity index (χ1v) is 16.0. The lowest BCUT2D eigenvalue weighted by molar-refractivity contribution is 0.477. The molecule has 0 saturated heterocycles. The first-order valence-electron chi connectivity index (χ1n) is 16.0. The molecule has 5 nitrogen and oxygen atoms in total. The van der Waals surface area contributed by atoms with Crippen molar-refractivity contribution in [3.8, 4) is 39.4 Å². The van der Waals surface area contributed by atoms with E-state index in [0.29, 0.717) is 16.9 Å². The molecule has 0 bridgehead atoms. The molecule has 0 amide bonds. The summed E-state index contributed by atoms with van der Waals surface area (Å²) in [4.78, 5) is 7.70. The molecular weight excluding hydrogens is 601 g/mol. The van der Waals surface area contributed by atoms with Gasteiger partial charge in [0, 0.05) is 27.3 Å². The van der Waals surface area contributed by atoms with Crippen LogP contribution in [0.2, 0.25) is 0 Å². The Hall–Kier alpha value is -7.08. The Morgan fingerprint density at radius 1 is 0.449 bits per heavy atom. The van der Waals surface area contributed by atoms with Crippen LogP contribution in [0, 0.1) is 13.1 Å². The van der Waals surface area contributed by atoms with Crippen LogP contribution in [0.25, 0.3) is 86.9 Å². The topological polar surface area (TPSA) is 38.8 Å². The SMILES string of the molecule is [C-]#[N+]c1ccc2c(c1)c1ccccc1n2-c1ccccc1-c1ccc(-c2c(O)ccc(-n3c4ccccc4c4ccccc43)c2[N+]#[C-])cc1. The number of hydrogen-bond donors (Lipinski definition) is 1. The quantitative estimate of drug-likeness (QED) is 0.194. The van der Waals surface area contributed by atoms with Crippen LogP contribution < -0.4 is 0 Å². The maximum Gasteiger partial charge on any atom is 0.221 e. The predicted molar refractivity (Wildman–Crippen MR) is 200 cm³/mol. The van der Waals surface area contributed by atoms with E-state index in [-0.39, 0.29) is 5.75 Å². The fraction of sp³-hybridized carbons (Fsp3) is 0. The molecule has 0 saturated carbocycles. The summed E-state index contributed by atoms with van der Waals surface area (Å²) in [6.45, 7) is 15.9. The molecule has 228 valence electrons. The minimum absolute atomic E-state index is 0.0627. The van der Waals surface area contributed by atoms with Crippen LogP contribution in [-0.2, 0) is 0 Å². The number of aromatic nitrogens is 2. The third-order valence-electron chi connectivity index (χ3n) is 9.48. The van der Waals surface area contributed by atoms with E-state index >= 15 is 0 Å². The number of benzene rings is 7. The molecule has 5 heteroatoms. The number of aromatic hydroxyl groups is 1. The van der Waals surface area contributed by atoms with Gasteiger partial charge in [0.25, 0.3) is 0 Å². The van der Waals surface area contributed by atoms with Gasteiger partial charge in [0.15, 0.2) is 5.69 Å². The molecule has 0 spiro atoms. The van der Waals surface area contributed by atoms with Crippen LogP contribution in [0.3, 0.4) is 0 Å². The molecule has 2 aromatic heterocycles. The minimum Gasteiger partial charge on any atom is -0.509 e. The summed E-state index contributed by atoms with van der Waals surface area (Å²) >= 11 is 0. The van der Waals surface area contributed by atoms with Crippen molar-refractivity contribution in [3.63, 3.8) is 0 Å². The fourth-order valence-corrected chi connectivity index (χ4v) is 7.35. The maximum absolute atomic E-state index is 11.2. The zero-order valence-electron chi connectivity index (χ0n) is 26.2. The smallest absolute Gasteiger partial charge is 0.221 e. The summed E-state index contributed by atoms with van der Waals surface area (Å²) in [5.41, 5.74) is 10.2. The summed E-state index contributed by atoms with van der Waals surface area (Å²) in [6.07, 6.45) is 0. The lowest BCUT2D eigenvalue weighted by Gasteiger charge is -2.16. The largest absolute Gasteiger partial charge is 0.509 e. The highest BCUT2D eigenvalue weighted by Crippen LogP contribution is 2.45. The highest BCUT2D eigenvalue weighted by Gasteiger charge is 2.21.